The molecule has 0 aromatic heterocycles. The van der Waals surface area contributed by atoms with Crippen molar-refractivity contribution in [3.63, 3.8) is 0 Å². The SMILES string of the molecule is CCN(CC=O)CCOC. The molecule has 0 aliphatic heterocycles. The number of ether oxygens (including phenoxy) is 1. The van der Waals surface area contributed by atoms with E-state index in [4.69, 9.17) is 4.74 Å². The third kappa shape index (κ3) is 4.47. The molecule has 0 saturated heterocycles. The lowest BCUT2D eigenvalue weighted by atomic mass is 10.5. The zero-order chi connectivity index (χ0) is 7.82. The Labute approximate surface area is 62.0 Å². The van der Waals surface area contributed by atoms with Gasteiger partial charge in [0, 0.05) is 13.7 Å². The Hall–Kier alpha value is -0.410. The maximum Gasteiger partial charge on any atom is 0.133 e. The Morgan fingerprint density at radius 3 is 2.70 bits per heavy atom. The highest BCUT2D eigenvalue weighted by molar-refractivity contribution is 5.51. The van der Waals surface area contributed by atoms with Crippen LogP contribution in [0.5, 0.6) is 0 Å². The molecule has 0 amide bonds. The minimum atomic E-state index is 0.514. The number of aldehydes is 1. The van der Waals surface area contributed by atoms with Crippen LogP contribution in [0.25, 0.3) is 0 Å². The zero-order valence-electron chi connectivity index (χ0n) is 6.67. The Kier molecular flexibility index (Phi) is 6.43. The van der Waals surface area contributed by atoms with Crippen LogP contribution in [0, 0.1) is 0 Å². The molecule has 3 nitrogen and oxygen atoms in total. The molecule has 0 spiro atoms. The number of carbonyl (C=O) groups is 1. The minimum Gasteiger partial charge on any atom is -0.383 e. The van der Waals surface area contributed by atoms with Crippen LogP contribution >= 0.6 is 0 Å². The van der Waals surface area contributed by atoms with Crippen LogP contribution in [0.15, 0.2) is 0 Å². The van der Waals surface area contributed by atoms with Gasteiger partial charge in [0.25, 0.3) is 0 Å². The van der Waals surface area contributed by atoms with Crippen molar-refractivity contribution in [2.24, 2.45) is 0 Å². The average molecular weight is 145 g/mol. The van der Waals surface area contributed by atoms with E-state index in [0.717, 1.165) is 19.4 Å². The molecule has 3 heteroatoms. The molecule has 0 radical (unpaired) electrons. The molecule has 0 atom stereocenters. The first-order chi connectivity index (χ1) is 4.85. The molecule has 0 rings (SSSR count). The molecule has 0 N–H and O–H groups in total. The highest BCUT2D eigenvalue weighted by Crippen LogP contribution is 1.83. The first-order valence-electron chi connectivity index (χ1n) is 3.50. The second-order valence-electron chi connectivity index (χ2n) is 2.05. The molecule has 0 bridgehead atoms. The molecule has 10 heavy (non-hydrogen) atoms. The van der Waals surface area contributed by atoms with Gasteiger partial charge in [-0.2, -0.15) is 0 Å². The summed E-state index contributed by atoms with van der Waals surface area (Å²) < 4.78 is 4.86. The maximum atomic E-state index is 10.1. The molecule has 0 aromatic carbocycles. The van der Waals surface area contributed by atoms with Gasteiger partial charge in [0.15, 0.2) is 0 Å². The Balaban J connectivity index is 3.29. The van der Waals surface area contributed by atoms with Crippen molar-refractivity contribution in [1.29, 1.82) is 0 Å². The second kappa shape index (κ2) is 6.71. The van der Waals surface area contributed by atoms with E-state index >= 15 is 0 Å². The molecule has 0 aromatic rings. The van der Waals surface area contributed by atoms with E-state index in [0.29, 0.717) is 13.2 Å². The predicted molar refractivity (Wildman–Crippen MR) is 40.1 cm³/mol. The van der Waals surface area contributed by atoms with Gasteiger partial charge >= 0.3 is 0 Å². The average Bonchev–Trinajstić information content (AvgIpc) is 1.98. The van der Waals surface area contributed by atoms with Crippen LogP contribution in [0.2, 0.25) is 0 Å². The van der Waals surface area contributed by atoms with Crippen molar-refractivity contribution in [2.45, 2.75) is 6.92 Å². The molecule has 0 heterocycles. The van der Waals surface area contributed by atoms with Gasteiger partial charge in [-0.1, -0.05) is 6.92 Å². The molecule has 0 saturated carbocycles. The zero-order valence-corrected chi connectivity index (χ0v) is 6.67. The van der Waals surface area contributed by atoms with Crippen LogP contribution in [-0.2, 0) is 9.53 Å². The van der Waals surface area contributed by atoms with Crippen LogP contribution in [0.3, 0.4) is 0 Å². The second-order valence-corrected chi connectivity index (χ2v) is 2.05. The topological polar surface area (TPSA) is 29.5 Å². The van der Waals surface area contributed by atoms with Gasteiger partial charge < -0.3 is 9.53 Å². The number of methoxy groups -OCH3 is 1. The van der Waals surface area contributed by atoms with E-state index in [1.807, 2.05) is 11.8 Å². The number of hydrogen-bond donors (Lipinski definition) is 0. The van der Waals surface area contributed by atoms with E-state index in [1.165, 1.54) is 0 Å². The monoisotopic (exact) mass is 145 g/mol. The summed E-state index contributed by atoms with van der Waals surface area (Å²) in [7, 11) is 1.66. The molecule has 0 unspecified atom stereocenters. The normalized spacial score (nSPS) is 10.3. The van der Waals surface area contributed by atoms with Crippen LogP contribution < -0.4 is 0 Å². The summed E-state index contributed by atoms with van der Waals surface area (Å²) in [5, 5.41) is 0. The van der Waals surface area contributed by atoms with E-state index in [1.54, 1.807) is 7.11 Å². The van der Waals surface area contributed by atoms with Gasteiger partial charge in [0.1, 0.15) is 6.29 Å². The molecule has 0 fully saturated rings. The number of nitrogens with zero attached hydrogens (tertiary/aromatic N) is 1. The van der Waals surface area contributed by atoms with Crippen molar-refractivity contribution < 1.29 is 9.53 Å². The Morgan fingerprint density at radius 2 is 2.30 bits per heavy atom. The van der Waals surface area contributed by atoms with Crippen molar-refractivity contribution in [3.05, 3.63) is 0 Å². The van der Waals surface area contributed by atoms with E-state index in [2.05, 4.69) is 0 Å². The Morgan fingerprint density at radius 1 is 1.60 bits per heavy atom. The van der Waals surface area contributed by atoms with Crippen LogP contribution in [0.4, 0.5) is 0 Å². The highest BCUT2D eigenvalue weighted by atomic mass is 16.5. The lowest BCUT2D eigenvalue weighted by molar-refractivity contribution is -0.108. The summed E-state index contributed by atoms with van der Waals surface area (Å²) in [6, 6.07) is 0. The quantitative estimate of drug-likeness (QED) is 0.498. The first kappa shape index (κ1) is 9.59. The van der Waals surface area contributed by atoms with Crippen molar-refractivity contribution in [1.82, 2.24) is 4.90 Å². The summed E-state index contributed by atoms with van der Waals surface area (Å²) in [4.78, 5) is 12.1. The number of hydrogen-bond acceptors (Lipinski definition) is 3. The van der Waals surface area contributed by atoms with Gasteiger partial charge in [-0.3, -0.25) is 4.90 Å². The van der Waals surface area contributed by atoms with E-state index < -0.39 is 0 Å². The van der Waals surface area contributed by atoms with Gasteiger partial charge in [-0.05, 0) is 6.54 Å². The largest absolute Gasteiger partial charge is 0.383 e. The summed E-state index contributed by atoms with van der Waals surface area (Å²) in [5.74, 6) is 0. The summed E-state index contributed by atoms with van der Waals surface area (Å²) >= 11 is 0. The summed E-state index contributed by atoms with van der Waals surface area (Å²) in [6.45, 7) is 4.98. The molecular formula is C7H15NO2. The third-order valence-electron chi connectivity index (χ3n) is 1.39. The summed E-state index contributed by atoms with van der Waals surface area (Å²) in [5.41, 5.74) is 0. The van der Waals surface area contributed by atoms with Gasteiger partial charge in [-0.15, -0.1) is 0 Å². The minimum absolute atomic E-state index is 0.514. The smallest absolute Gasteiger partial charge is 0.133 e. The molecule has 0 aliphatic rings. The highest BCUT2D eigenvalue weighted by Gasteiger charge is 1.98. The van der Waals surface area contributed by atoms with Crippen molar-refractivity contribution in [3.8, 4) is 0 Å². The van der Waals surface area contributed by atoms with E-state index in [-0.39, 0.29) is 0 Å². The lowest BCUT2D eigenvalue weighted by Gasteiger charge is -2.15. The maximum absolute atomic E-state index is 10.1. The van der Waals surface area contributed by atoms with E-state index in [9.17, 15) is 4.79 Å². The number of rotatable bonds is 6. The van der Waals surface area contributed by atoms with Crippen LogP contribution in [0.1, 0.15) is 6.92 Å². The molecule has 60 valence electrons. The van der Waals surface area contributed by atoms with Gasteiger partial charge in [0.05, 0.1) is 13.2 Å². The Bertz CT molecular complexity index is 85.7. The number of carbonyl (C=O) groups excluding carboxylic acids is 1. The lowest BCUT2D eigenvalue weighted by Crippen LogP contribution is -2.28. The molecular weight excluding hydrogens is 130 g/mol. The summed E-state index contributed by atoms with van der Waals surface area (Å²) in [6.07, 6.45) is 0.916. The van der Waals surface area contributed by atoms with Crippen molar-refractivity contribution >= 4 is 6.29 Å². The first-order valence-corrected chi connectivity index (χ1v) is 3.50. The number of likely N-dealkylation sites (N-methyl/N-ethyl adjacent to an activating group) is 1. The third-order valence-corrected chi connectivity index (χ3v) is 1.39. The van der Waals surface area contributed by atoms with Crippen molar-refractivity contribution in [2.75, 3.05) is 33.4 Å². The van der Waals surface area contributed by atoms with Crippen LogP contribution in [-0.4, -0.2) is 44.5 Å². The molecule has 0 aliphatic carbocycles. The van der Waals surface area contributed by atoms with Gasteiger partial charge in [-0.25, -0.2) is 0 Å². The fraction of sp³-hybridized carbons (Fsp3) is 0.857. The van der Waals surface area contributed by atoms with Gasteiger partial charge in [0.2, 0.25) is 0 Å². The standard InChI is InChI=1S/C7H15NO2/c1-3-8(4-6-9)5-7-10-2/h6H,3-5,7H2,1-2H3. The fourth-order valence-corrected chi connectivity index (χ4v) is 0.704. The fourth-order valence-electron chi connectivity index (χ4n) is 0.704. The predicted octanol–water partition coefficient (Wildman–Crippen LogP) is 0.154.